The highest BCUT2D eigenvalue weighted by atomic mass is 16.7. The van der Waals surface area contributed by atoms with Gasteiger partial charge < -0.3 is 14.2 Å². The zero-order chi connectivity index (χ0) is 17.1. The van der Waals surface area contributed by atoms with Crippen LogP contribution in [0.15, 0.2) is 36.4 Å². The molecule has 24 heavy (non-hydrogen) atoms. The average molecular weight is 324 g/mol. The predicted octanol–water partition coefficient (Wildman–Crippen LogP) is 3.40. The quantitative estimate of drug-likeness (QED) is 0.370. The van der Waals surface area contributed by atoms with Crippen molar-refractivity contribution in [3.05, 3.63) is 57.6 Å². The molecule has 2 aromatic carbocycles. The second kappa shape index (κ2) is 6.30. The minimum Gasteiger partial charge on any atom is -0.490 e. The normalized spacial score (nSPS) is 12.6. The molecule has 0 saturated heterocycles. The number of hydrogen-bond acceptors (Lipinski definition) is 6. The monoisotopic (exact) mass is 324 g/mol. The molecule has 0 saturated carbocycles. The van der Waals surface area contributed by atoms with Gasteiger partial charge >= 0.3 is 5.69 Å². The van der Waals surface area contributed by atoms with Crippen LogP contribution < -0.4 is 14.2 Å². The molecular formula is C17H12N2O5. The minimum absolute atomic E-state index is 0.148. The van der Waals surface area contributed by atoms with E-state index in [2.05, 4.69) is 6.07 Å². The van der Waals surface area contributed by atoms with Crippen molar-refractivity contribution < 1.29 is 19.1 Å². The van der Waals surface area contributed by atoms with Crippen LogP contribution in [0, 0.1) is 21.4 Å². The number of nitriles is 1. The lowest BCUT2D eigenvalue weighted by Crippen LogP contribution is -1.94. The van der Waals surface area contributed by atoms with Crippen molar-refractivity contribution in [3.8, 4) is 23.3 Å². The van der Waals surface area contributed by atoms with Crippen molar-refractivity contribution in [1.82, 2.24) is 0 Å². The summed E-state index contributed by atoms with van der Waals surface area (Å²) in [5.41, 5.74) is 1.36. The van der Waals surface area contributed by atoms with Crippen molar-refractivity contribution in [2.75, 3.05) is 13.9 Å². The van der Waals surface area contributed by atoms with Gasteiger partial charge in [0.25, 0.3) is 0 Å². The number of hydrogen-bond donors (Lipinski definition) is 0. The third-order valence-electron chi connectivity index (χ3n) is 3.51. The Kier molecular flexibility index (Phi) is 4.03. The van der Waals surface area contributed by atoms with E-state index in [1.54, 1.807) is 30.3 Å². The Bertz CT molecular complexity index is 883. The number of fused-ring (bicyclic) bond motifs is 1. The lowest BCUT2D eigenvalue weighted by Gasteiger charge is -2.04. The van der Waals surface area contributed by atoms with Crippen LogP contribution in [0.4, 0.5) is 5.69 Å². The molecule has 0 N–H and O–H groups in total. The molecule has 0 radical (unpaired) electrons. The smallest absolute Gasteiger partial charge is 0.311 e. The molecule has 120 valence electrons. The molecule has 0 unspecified atom stereocenters. The van der Waals surface area contributed by atoms with Crippen molar-refractivity contribution >= 4 is 17.3 Å². The first-order valence-corrected chi connectivity index (χ1v) is 6.96. The standard InChI is InChI=1S/C17H12N2O5/c1-22-15-4-2-11(7-14(15)19(20)21)6-13(9-18)12-3-5-16-17(8-12)24-10-23-16/h2-8H,10H2,1H3/b13-6-. The first-order valence-electron chi connectivity index (χ1n) is 6.96. The molecule has 0 spiro atoms. The van der Waals surface area contributed by atoms with Crippen LogP contribution in [0.1, 0.15) is 11.1 Å². The fourth-order valence-electron chi connectivity index (χ4n) is 2.35. The second-order valence-corrected chi connectivity index (χ2v) is 4.93. The van der Waals surface area contributed by atoms with E-state index in [1.807, 2.05) is 0 Å². The molecule has 2 aromatic rings. The SMILES string of the molecule is COc1ccc(/C=C(/C#N)c2ccc3c(c2)OCO3)cc1[N+](=O)[O-]. The summed E-state index contributed by atoms with van der Waals surface area (Å²) in [7, 11) is 1.37. The van der Waals surface area contributed by atoms with E-state index < -0.39 is 4.92 Å². The van der Waals surface area contributed by atoms with Gasteiger partial charge in [-0.25, -0.2) is 0 Å². The van der Waals surface area contributed by atoms with Gasteiger partial charge in [0.15, 0.2) is 17.2 Å². The first-order chi connectivity index (χ1) is 11.6. The van der Waals surface area contributed by atoms with Crippen LogP contribution in [0.25, 0.3) is 11.6 Å². The highest BCUT2D eigenvalue weighted by Gasteiger charge is 2.17. The van der Waals surface area contributed by atoms with Gasteiger partial charge in [-0.05, 0) is 41.5 Å². The summed E-state index contributed by atoms with van der Waals surface area (Å²) < 4.78 is 15.5. The number of benzene rings is 2. The van der Waals surface area contributed by atoms with Crippen LogP contribution >= 0.6 is 0 Å². The predicted molar refractivity (Wildman–Crippen MR) is 85.7 cm³/mol. The maximum Gasteiger partial charge on any atom is 0.311 e. The molecule has 0 bridgehead atoms. The summed E-state index contributed by atoms with van der Waals surface area (Å²) in [6, 6.07) is 11.8. The Balaban J connectivity index is 2.01. The molecule has 0 amide bonds. The van der Waals surface area contributed by atoms with E-state index in [9.17, 15) is 15.4 Å². The summed E-state index contributed by atoms with van der Waals surface area (Å²) in [5, 5.41) is 20.5. The van der Waals surface area contributed by atoms with E-state index >= 15 is 0 Å². The van der Waals surface area contributed by atoms with E-state index in [0.29, 0.717) is 28.2 Å². The Hall–Kier alpha value is -3.53. The molecule has 7 nitrogen and oxygen atoms in total. The lowest BCUT2D eigenvalue weighted by molar-refractivity contribution is -0.385. The number of nitro benzene ring substituents is 1. The van der Waals surface area contributed by atoms with Gasteiger partial charge in [0.2, 0.25) is 6.79 Å². The Morgan fingerprint density at radius 3 is 2.79 bits per heavy atom. The zero-order valence-electron chi connectivity index (χ0n) is 12.7. The molecule has 0 aromatic heterocycles. The van der Waals surface area contributed by atoms with Crippen molar-refractivity contribution in [1.29, 1.82) is 5.26 Å². The van der Waals surface area contributed by atoms with Gasteiger partial charge in [-0.1, -0.05) is 6.07 Å². The molecule has 1 aliphatic rings. The summed E-state index contributed by atoms with van der Waals surface area (Å²) in [6.45, 7) is 0.148. The molecular weight excluding hydrogens is 312 g/mol. The van der Waals surface area contributed by atoms with E-state index in [4.69, 9.17) is 14.2 Å². The average Bonchev–Trinajstić information content (AvgIpc) is 3.07. The third-order valence-corrected chi connectivity index (χ3v) is 3.51. The zero-order valence-corrected chi connectivity index (χ0v) is 12.7. The van der Waals surface area contributed by atoms with Gasteiger partial charge in [-0.15, -0.1) is 0 Å². The van der Waals surface area contributed by atoms with Gasteiger partial charge in [-0.3, -0.25) is 10.1 Å². The Morgan fingerprint density at radius 1 is 1.29 bits per heavy atom. The number of nitrogens with zero attached hydrogens (tertiary/aromatic N) is 2. The molecule has 0 fully saturated rings. The van der Waals surface area contributed by atoms with Crippen LogP contribution in [-0.4, -0.2) is 18.8 Å². The van der Waals surface area contributed by atoms with Crippen molar-refractivity contribution in [2.24, 2.45) is 0 Å². The third kappa shape index (κ3) is 2.85. The highest BCUT2D eigenvalue weighted by Crippen LogP contribution is 2.35. The number of methoxy groups -OCH3 is 1. The summed E-state index contributed by atoms with van der Waals surface area (Å²) >= 11 is 0. The fourth-order valence-corrected chi connectivity index (χ4v) is 2.35. The van der Waals surface area contributed by atoms with Gasteiger partial charge in [0.1, 0.15) is 0 Å². The Labute approximate surface area is 137 Å². The summed E-state index contributed by atoms with van der Waals surface area (Å²) in [5.74, 6) is 1.35. The van der Waals surface area contributed by atoms with E-state index in [-0.39, 0.29) is 18.2 Å². The largest absolute Gasteiger partial charge is 0.490 e. The van der Waals surface area contributed by atoms with Gasteiger partial charge in [-0.2, -0.15) is 5.26 Å². The van der Waals surface area contributed by atoms with Crippen LogP contribution in [-0.2, 0) is 0 Å². The minimum atomic E-state index is -0.525. The highest BCUT2D eigenvalue weighted by molar-refractivity contribution is 5.90. The lowest BCUT2D eigenvalue weighted by atomic mass is 10.0. The van der Waals surface area contributed by atoms with Crippen LogP contribution in [0.3, 0.4) is 0 Å². The second-order valence-electron chi connectivity index (χ2n) is 4.93. The number of rotatable bonds is 4. The van der Waals surface area contributed by atoms with Crippen molar-refractivity contribution in [2.45, 2.75) is 0 Å². The number of nitro groups is 1. The molecule has 7 heteroatoms. The van der Waals surface area contributed by atoms with Gasteiger partial charge in [0, 0.05) is 6.07 Å². The molecule has 1 heterocycles. The molecule has 1 aliphatic heterocycles. The molecule has 3 rings (SSSR count). The van der Waals surface area contributed by atoms with E-state index in [0.717, 1.165) is 0 Å². The summed E-state index contributed by atoms with van der Waals surface area (Å²) in [6.07, 6.45) is 1.57. The number of allylic oxidation sites excluding steroid dienone is 1. The maximum atomic E-state index is 11.1. The van der Waals surface area contributed by atoms with Crippen LogP contribution in [0.2, 0.25) is 0 Å². The number of ether oxygens (including phenoxy) is 3. The van der Waals surface area contributed by atoms with Crippen LogP contribution in [0.5, 0.6) is 17.2 Å². The molecule has 0 aliphatic carbocycles. The summed E-state index contributed by atoms with van der Waals surface area (Å²) in [4.78, 5) is 10.6. The fraction of sp³-hybridized carbons (Fsp3) is 0.118. The molecule has 0 atom stereocenters. The van der Waals surface area contributed by atoms with Crippen molar-refractivity contribution in [3.63, 3.8) is 0 Å². The van der Waals surface area contributed by atoms with E-state index in [1.165, 1.54) is 19.2 Å². The topological polar surface area (TPSA) is 94.6 Å². The first kappa shape index (κ1) is 15.4. The maximum absolute atomic E-state index is 11.1. The Morgan fingerprint density at radius 2 is 2.08 bits per heavy atom. The van der Waals surface area contributed by atoms with Gasteiger partial charge in [0.05, 0.1) is 23.7 Å².